The van der Waals surface area contributed by atoms with E-state index in [0.29, 0.717) is 18.1 Å². The van der Waals surface area contributed by atoms with E-state index in [4.69, 9.17) is 4.74 Å². The van der Waals surface area contributed by atoms with Gasteiger partial charge in [0.05, 0.1) is 19.3 Å². The van der Waals surface area contributed by atoms with Crippen molar-refractivity contribution in [1.29, 1.82) is 0 Å². The lowest BCUT2D eigenvalue weighted by atomic mass is 10.1. The van der Waals surface area contributed by atoms with Crippen LogP contribution in [0.3, 0.4) is 0 Å². The number of ether oxygens (including phenoxy) is 1. The standard InChI is InChI=1S/C16H20N2O3/c1-4-21-14-7-5-13(6-8-14)15(19)10-18-12(3)17-11(2)9-16(18)20/h5-9,15,19H,4,10H2,1-3H3. The van der Waals surface area contributed by atoms with Gasteiger partial charge in [-0.25, -0.2) is 4.98 Å². The zero-order valence-corrected chi connectivity index (χ0v) is 12.5. The van der Waals surface area contributed by atoms with Gasteiger partial charge < -0.3 is 9.84 Å². The molecule has 2 rings (SSSR count). The molecule has 1 aromatic carbocycles. The molecule has 1 atom stereocenters. The van der Waals surface area contributed by atoms with Crippen LogP contribution >= 0.6 is 0 Å². The minimum atomic E-state index is -0.762. The van der Waals surface area contributed by atoms with Gasteiger partial charge in [-0.2, -0.15) is 0 Å². The minimum Gasteiger partial charge on any atom is -0.494 e. The predicted octanol–water partition coefficient (Wildman–Crippen LogP) is 1.99. The van der Waals surface area contributed by atoms with Crippen molar-refractivity contribution in [2.24, 2.45) is 0 Å². The van der Waals surface area contributed by atoms with E-state index < -0.39 is 6.10 Å². The highest BCUT2D eigenvalue weighted by molar-refractivity contribution is 5.28. The Bertz CT molecular complexity index is 662. The van der Waals surface area contributed by atoms with Gasteiger partial charge >= 0.3 is 0 Å². The van der Waals surface area contributed by atoms with Crippen molar-refractivity contribution in [3.63, 3.8) is 0 Å². The summed E-state index contributed by atoms with van der Waals surface area (Å²) in [6, 6.07) is 8.70. The summed E-state index contributed by atoms with van der Waals surface area (Å²) < 4.78 is 6.84. The molecule has 1 unspecified atom stereocenters. The fraction of sp³-hybridized carbons (Fsp3) is 0.375. The molecule has 5 nitrogen and oxygen atoms in total. The first-order valence-electron chi connectivity index (χ1n) is 6.97. The molecule has 5 heteroatoms. The van der Waals surface area contributed by atoms with E-state index in [9.17, 15) is 9.90 Å². The van der Waals surface area contributed by atoms with Gasteiger partial charge in [0.15, 0.2) is 0 Å². The van der Waals surface area contributed by atoms with Crippen molar-refractivity contribution in [3.05, 3.63) is 57.8 Å². The molecule has 1 aromatic heterocycles. The van der Waals surface area contributed by atoms with Gasteiger partial charge in [0, 0.05) is 11.8 Å². The van der Waals surface area contributed by atoms with Crippen molar-refractivity contribution in [1.82, 2.24) is 9.55 Å². The molecule has 0 aliphatic heterocycles. The van der Waals surface area contributed by atoms with Crippen LogP contribution in [0.1, 0.15) is 30.1 Å². The van der Waals surface area contributed by atoms with E-state index in [2.05, 4.69) is 4.98 Å². The number of aliphatic hydroxyl groups excluding tert-OH is 1. The summed E-state index contributed by atoms with van der Waals surface area (Å²) in [7, 11) is 0. The fourth-order valence-corrected chi connectivity index (χ4v) is 2.22. The Morgan fingerprint density at radius 1 is 1.29 bits per heavy atom. The first-order valence-corrected chi connectivity index (χ1v) is 6.97. The molecule has 1 N–H and O–H groups in total. The fourth-order valence-electron chi connectivity index (χ4n) is 2.22. The maximum atomic E-state index is 12.0. The average Bonchev–Trinajstić information content (AvgIpc) is 2.43. The lowest BCUT2D eigenvalue weighted by Crippen LogP contribution is -2.26. The molecule has 0 aliphatic carbocycles. The largest absolute Gasteiger partial charge is 0.494 e. The lowest BCUT2D eigenvalue weighted by molar-refractivity contribution is 0.153. The number of nitrogens with zero attached hydrogens (tertiary/aromatic N) is 2. The van der Waals surface area contributed by atoms with Crippen LogP contribution in [-0.4, -0.2) is 21.3 Å². The van der Waals surface area contributed by atoms with Gasteiger partial charge in [0.2, 0.25) is 0 Å². The van der Waals surface area contributed by atoms with Crippen molar-refractivity contribution in [2.45, 2.75) is 33.4 Å². The second kappa shape index (κ2) is 6.54. The Morgan fingerprint density at radius 2 is 1.95 bits per heavy atom. The molecule has 0 fully saturated rings. The molecule has 1 heterocycles. The van der Waals surface area contributed by atoms with E-state index in [-0.39, 0.29) is 12.1 Å². The normalized spacial score (nSPS) is 12.2. The average molecular weight is 288 g/mol. The summed E-state index contributed by atoms with van der Waals surface area (Å²) in [5.74, 6) is 1.36. The lowest BCUT2D eigenvalue weighted by Gasteiger charge is -2.15. The Kier molecular flexibility index (Phi) is 4.75. The van der Waals surface area contributed by atoms with Gasteiger partial charge in [0.25, 0.3) is 5.56 Å². The summed E-state index contributed by atoms with van der Waals surface area (Å²) in [5.41, 5.74) is 1.28. The predicted molar refractivity (Wildman–Crippen MR) is 80.5 cm³/mol. The Balaban J connectivity index is 2.18. The highest BCUT2D eigenvalue weighted by Gasteiger charge is 2.12. The maximum absolute atomic E-state index is 12.0. The minimum absolute atomic E-state index is 0.148. The number of aliphatic hydroxyl groups is 1. The van der Waals surface area contributed by atoms with Crippen molar-refractivity contribution in [3.8, 4) is 5.75 Å². The molecule has 2 aromatic rings. The van der Waals surface area contributed by atoms with Crippen LogP contribution in [0.15, 0.2) is 35.1 Å². The molecular formula is C16H20N2O3. The van der Waals surface area contributed by atoms with Crippen molar-refractivity contribution in [2.75, 3.05) is 6.61 Å². The quantitative estimate of drug-likeness (QED) is 0.914. The summed E-state index contributed by atoms with van der Waals surface area (Å²) in [6.07, 6.45) is -0.762. The van der Waals surface area contributed by atoms with Crippen LogP contribution in [0.25, 0.3) is 0 Å². The van der Waals surface area contributed by atoms with Gasteiger partial charge in [-0.1, -0.05) is 12.1 Å². The van der Waals surface area contributed by atoms with Gasteiger partial charge in [-0.3, -0.25) is 9.36 Å². The van der Waals surface area contributed by atoms with E-state index in [1.54, 1.807) is 26.0 Å². The molecule has 0 saturated carbocycles. The third kappa shape index (κ3) is 3.70. The number of hydrogen-bond donors (Lipinski definition) is 1. The Morgan fingerprint density at radius 3 is 2.52 bits per heavy atom. The zero-order valence-electron chi connectivity index (χ0n) is 12.5. The van der Waals surface area contributed by atoms with Crippen LogP contribution < -0.4 is 10.3 Å². The summed E-state index contributed by atoms with van der Waals surface area (Å²) >= 11 is 0. The molecular weight excluding hydrogens is 268 g/mol. The monoisotopic (exact) mass is 288 g/mol. The molecule has 0 aliphatic rings. The highest BCUT2D eigenvalue weighted by atomic mass is 16.5. The molecule has 0 spiro atoms. The number of rotatable bonds is 5. The van der Waals surface area contributed by atoms with Crippen LogP contribution in [0.2, 0.25) is 0 Å². The van der Waals surface area contributed by atoms with E-state index in [1.165, 1.54) is 10.6 Å². The van der Waals surface area contributed by atoms with Crippen LogP contribution in [0.4, 0.5) is 0 Å². The summed E-state index contributed by atoms with van der Waals surface area (Å²) in [6.45, 7) is 6.25. The van der Waals surface area contributed by atoms with E-state index in [1.807, 2.05) is 19.1 Å². The van der Waals surface area contributed by atoms with Gasteiger partial charge in [-0.05, 0) is 38.5 Å². The third-order valence-electron chi connectivity index (χ3n) is 3.26. The first kappa shape index (κ1) is 15.3. The van der Waals surface area contributed by atoms with Crippen molar-refractivity contribution < 1.29 is 9.84 Å². The molecule has 0 bridgehead atoms. The molecule has 0 amide bonds. The SMILES string of the molecule is CCOc1ccc(C(O)Cn2c(C)nc(C)cc2=O)cc1. The number of aromatic nitrogens is 2. The van der Waals surface area contributed by atoms with Crippen LogP contribution in [-0.2, 0) is 6.54 Å². The second-order valence-corrected chi connectivity index (χ2v) is 4.91. The number of aryl methyl sites for hydroxylation is 2. The number of benzene rings is 1. The summed E-state index contributed by atoms with van der Waals surface area (Å²) in [5, 5.41) is 10.3. The Hall–Kier alpha value is -2.14. The first-order chi connectivity index (χ1) is 10.0. The molecule has 21 heavy (non-hydrogen) atoms. The Labute approximate surface area is 123 Å². The van der Waals surface area contributed by atoms with Crippen LogP contribution in [0.5, 0.6) is 5.75 Å². The summed E-state index contributed by atoms with van der Waals surface area (Å²) in [4.78, 5) is 16.2. The zero-order chi connectivity index (χ0) is 15.4. The van der Waals surface area contributed by atoms with Gasteiger partial charge in [-0.15, -0.1) is 0 Å². The molecule has 112 valence electrons. The topological polar surface area (TPSA) is 64.3 Å². The maximum Gasteiger partial charge on any atom is 0.253 e. The van der Waals surface area contributed by atoms with Crippen molar-refractivity contribution >= 4 is 0 Å². The second-order valence-electron chi connectivity index (χ2n) is 4.91. The molecule has 0 saturated heterocycles. The number of hydrogen-bond acceptors (Lipinski definition) is 4. The highest BCUT2D eigenvalue weighted by Crippen LogP contribution is 2.19. The van der Waals surface area contributed by atoms with Gasteiger partial charge in [0.1, 0.15) is 11.6 Å². The third-order valence-corrected chi connectivity index (χ3v) is 3.26. The smallest absolute Gasteiger partial charge is 0.253 e. The van der Waals surface area contributed by atoms with E-state index >= 15 is 0 Å². The van der Waals surface area contributed by atoms with Crippen LogP contribution in [0, 0.1) is 13.8 Å². The van der Waals surface area contributed by atoms with E-state index in [0.717, 1.165) is 11.3 Å². The molecule has 0 radical (unpaired) electrons.